The standard InChI is InChI=1S/C17H25NO4/c1-12-8-18(9-13(2)22-12)10-16(20)11-21-17-6-4-15(5-7-17)14(3)19/h4-7,12-13,16,20H,8-11H2,1-3H3/t12-,13-,16+/m0/s1. The monoisotopic (exact) mass is 307 g/mol. The van der Waals surface area contributed by atoms with Crippen LogP contribution in [-0.4, -0.2) is 60.3 Å². The minimum atomic E-state index is -0.551. The summed E-state index contributed by atoms with van der Waals surface area (Å²) in [7, 11) is 0. The van der Waals surface area contributed by atoms with Crippen LogP contribution in [0.2, 0.25) is 0 Å². The molecule has 5 nitrogen and oxygen atoms in total. The first-order valence-electron chi connectivity index (χ1n) is 7.73. The summed E-state index contributed by atoms with van der Waals surface area (Å²) in [6.45, 7) is 8.08. The fraction of sp³-hybridized carbons (Fsp3) is 0.588. The summed E-state index contributed by atoms with van der Waals surface area (Å²) >= 11 is 0. The summed E-state index contributed by atoms with van der Waals surface area (Å²) in [5, 5.41) is 10.1. The highest BCUT2D eigenvalue weighted by Gasteiger charge is 2.23. The van der Waals surface area contributed by atoms with Gasteiger partial charge in [0.15, 0.2) is 5.78 Å². The van der Waals surface area contributed by atoms with Crippen LogP contribution in [0.5, 0.6) is 5.75 Å². The van der Waals surface area contributed by atoms with E-state index >= 15 is 0 Å². The predicted octanol–water partition coefficient (Wildman–Crippen LogP) is 1.74. The van der Waals surface area contributed by atoms with Gasteiger partial charge < -0.3 is 14.6 Å². The van der Waals surface area contributed by atoms with Gasteiger partial charge in [0.1, 0.15) is 18.5 Å². The Balaban J connectivity index is 1.77. The van der Waals surface area contributed by atoms with Crippen LogP contribution in [0.3, 0.4) is 0 Å². The van der Waals surface area contributed by atoms with E-state index in [4.69, 9.17) is 9.47 Å². The summed E-state index contributed by atoms with van der Waals surface area (Å²) in [4.78, 5) is 13.4. The van der Waals surface area contributed by atoms with Crippen LogP contribution in [0, 0.1) is 0 Å². The maximum atomic E-state index is 11.2. The van der Waals surface area contributed by atoms with Crippen molar-refractivity contribution in [2.45, 2.75) is 39.1 Å². The lowest BCUT2D eigenvalue weighted by Crippen LogP contribution is -2.48. The third-order valence-electron chi connectivity index (χ3n) is 3.67. The molecule has 0 saturated carbocycles. The maximum absolute atomic E-state index is 11.2. The van der Waals surface area contributed by atoms with Crippen molar-refractivity contribution in [2.75, 3.05) is 26.2 Å². The van der Waals surface area contributed by atoms with Gasteiger partial charge >= 0.3 is 0 Å². The van der Waals surface area contributed by atoms with Gasteiger partial charge in [-0.3, -0.25) is 9.69 Å². The minimum Gasteiger partial charge on any atom is -0.491 e. The molecule has 0 aromatic heterocycles. The Hall–Kier alpha value is -1.43. The second-order valence-electron chi connectivity index (χ2n) is 6.02. The number of carbonyl (C=O) groups is 1. The molecule has 1 aliphatic rings. The number of rotatable bonds is 6. The van der Waals surface area contributed by atoms with Crippen molar-refractivity contribution in [3.8, 4) is 5.75 Å². The van der Waals surface area contributed by atoms with Gasteiger partial charge in [-0.1, -0.05) is 0 Å². The molecule has 1 aliphatic heterocycles. The highest BCUT2D eigenvalue weighted by molar-refractivity contribution is 5.94. The summed E-state index contributed by atoms with van der Waals surface area (Å²) < 4.78 is 11.3. The van der Waals surface area contributed by atoms with Crippen molar-refractivity contribution in [1.82, 2.24) is 4.90 Å². The molecule has 0 unspecified atom stereocenters. The molecule has 1 heterocycles. The van der Waals surface area contributed by atoms with Gasteiger partial charge in [0.2, 0.25) is 0 Å². The van der Waals surface area contributed by atoms with Gasteiger partial charge in [-0.15, -0.1) is 0 Å². The summed E-state index contributed by atoms with van der Waals surface area (Å²) in [5.74, 6) is 0.690. The van der Waals surface area contributed by atoms with E-state index in [1.165, 1.54) is 6.92 Å². The van der Waals surface area contributed by atoms with Crippen molar-refractivity contribution in [3.63, 3.8) is 0 Å². The van der Waals surface area contributed by atoms with Crippen molar-refractivity contribution in [2.24, 2.45) is 0 Å². The van der Waals surface area contributed by atoms with Gasteiger partial charge in [0.25, 0.3) is 0 Å². The number of aliphatic hydroxyl groups is 1. The Morgan fingerprint density at radius 3 is 2.45 bits per heavy atom. The number of nitrogens with zero attached hydrogens (tertiary/aromatic N) is 1. The molecule has 0 amide bonds. The third kappa shape index (κ3) is 5.09. The molecule has 3 atom stereocenters. The zero-order chi connectivity index (χ0) is 16.1. The molecular weight excluding hydrogens is 282 g/mol. The van der Waals surface area contributed by atoms with Crippen molar-refractivity contribution >= 4 is 5.78 Å². The minimum absolute atomic E-state index is 0.0298. The largest absolute Gasteiger partial charge is 0.491 e. The smallest absolute Gasteiger partial charge is 0.159 e. The zero-order valence-electron chi connectivity index (χ0n) is 13.5. The van der Waals surface area contributed by atoms with Gasteiger partial charge in [0.05, 0.1) is 12.2 Å². The number of morpholine rings is 1. The molecule has 1 aromatic rings. The summed E-state index contributed by atoms with van der Waals surface area (Å²) in [6, 6.07) is 6.97. The Morgan fingerprint density at radius 2 is 1.91 bits per heavy atom. The van der Waals surface area contributed by atoms with E-state index in [1.54, 1.807) is 24.3 Å². The van der Waals surface area contributed by atoms with E-state index in [1.807, 2.05) is 13.8 Å². The quantitative estimate of drug-likeness (QED) is 0.811. The van der Waals surface area contributed by atoms with Gasteiger partial charge in [-0.2, -0.15) is 0 Å². The van der Waals surface area contributed by atoms with Crippen LogP contribution in [0.25, 0.3) is 0 Å². The normalized spacial score (nSPS) is 24.0. The number of hydrogen-bond acceptors (Lipinski definition) is 5. The van der Waals surface area contributed by atoms with Crippen LogP contribution in [0.15, 0.2) is 24.3 Å². The molecule has 22 heavy (non-hydrogen) atoms. The van der Waals surface area contributed by atoms with Crippen LogP contribution < -0.4 is 4.74 Å². The predicted molar refractivity (Wildman–Crippen MR) is 84.4 cm³/mol. The summed E-state index contributed by atoms with van der Waals surface area (Å²) in [5.41, 5.74) is 0.657. The van der Waals surface area contributed by atoms with E-state index in [0.29, 0.717) is 17.9 Å². The number of ketones is 1. The average Bonchev–Trinajstić information content (AvgIpc) is 2.44. The van der Waals surface area contributed by atoms with Crippen LogP contribution >= 0.6 is 0 Å². The maximum Gasteiger partial charge on any atom is 0.159 e. The topological polar surface area (TPSA) is 59.0 Å². The molecule has 1 N–H and O–H groups in total. The van der Waals surface area contributed by atoms with Gasteiger partial charge in [-0.05, 0) is 45.0 Å². The third-order valence-corrected chi connectivity index (χ3v) is 3.67. The second kappa shape index (κ2) is 7.72. The first kappa shape index (κ1) is 16.9. The number of Topliss-reactive ketones (excluding diaryl/α,β-unsaturated/α-hetero) is 1. The molecule has 5 heteroatoms. The first-order chi connectivity index (χ1) is 10.4. The Morgan fingerprint density at radius 1 is 1.32 bits per heavy atom. The Kier molecular flexibility index (Phi) is 5.94. The Bertz CT molecular complexity index is 478. The Labute approximate surface area is 131 Å². The molecule has 1 aromatic carbocycles. The lowest BCUT2D eigenvalue weighted by atomic mass is 10.1. The molecule has 1 saturated heterocycles. The SMILES string of the molecule is CC(=O)c1ccc(OC[C@H](O)CN2C[C@H](C)O[C@@H](C)C2)cc1. The van der Waals surface area contributed by atoms with Gasteiger partial charge in [0, 0.05) is 25.2 Å². The molecule has 0 aliphatic carbocycles. The number of aliphatic hydroxyl groups excluding tert-OH is 1. The molecule has 122 valence electrons. The van der Waals surface area contributed by atoms with Crippen molar-refractivity contribution in [1.29, 1.82) is 0 Å². The lowest BCUT2D eigenvalue weighted by Gasteiger charge is -2.36. The van der Waals surface area contributed by atoms with E-state index < -0.39 is 6.10 Å². The van der Waals surface area contributed by atoms with Gasteiger partial charge in [-0.25, -0.2) is 0 Å². The summed E-state index contributed by atoms with van der Waals surface area (Å²) in [6.07, 6.45) is -0.169. The van der Waals surface area contributed by atoms with Crippen LogP contribution in [0.1, 0.15) is 31.1 Å². The lowest BCUT2D eigenvalue weighted by molar-refractivity contribution is -0.0786. The molecular formula is C17H25NO4. The van der Waals surface area contributed by atoms with E-state index in [0.717, 1.165) is 13.1 Å². The molecule has 0 radical (unpaired) electrons. The number of hydrogen-bond donors (Lipinski definition) is 1. The first-order valence-corrected chi connectivity index (χ1v) is 7.73. The zero-order valence-corrected chi connectivity index (χ0v) is 13.5. The molecule has 2 rings (SSSR count). The molecule has 1 fully saturated rings. The van der Waals surface area contributed by atoms with Crippen molar-refractivity contribution in [3.05, 3.63) is 29.8 Å². The van der Waals surface area contributed by atoms with E-state index in [9.17, 15) is 9.90 Å². The van der Waals surface area contributed by atoms with E-state index in [2.05, 4.69) is 4.90 Å². The highest BCUT2D eigenvalue weighted by Crippen LogP contribution is 2.14. The number of β-amino-alcohol motifs (C(OH)–C–C–N with tert-alkyl or cyclic N) is 1. The fourth-order valence-electron chi connectivity index (χ4n) is 2.76. The van der Waals surface area contributed by atoms with E-state index in [-0.39, 0.29) is 24.6 Å². The van der Waals surface area contributed by atoms with Crippen LogP contribution in [0.4, 0.5) is 0 Å². The number of carbonyl (C=O) groups excluding carboxylic acids is 1. The fourth-order valence-corrected chi connectivity index (χ4v) is 2.76. The second-order valence-corrected chi connectivity index (χ2v) is 6.02. The number of ether oxygens (including phenoxy) is 2. The average molecular weight is 307 g/mol. The molecule has 0 spiro atoms. The van der Waals surface area contributed by atoms with Crippen molar-refractivity contribution < 1.29 is 19.4 Å². The molecule has 0 bridgehead atoms. The van der Waals surface area contributed by atoms with Crippen LogP contribution in [-0.2, 0) is 4.74 Å². The highest BCUT2D eigenvalue weighted by atomic mass is 16.5. The number of benzene rings is 1.